The highest BCUT2D eigenvalue weighted by atomic mass is 19.1. The molecule has 4 heteroatoms. The Hall–Kier alpha value is -2.72. The first-order chi connectivity index (χ1) is 12.2. The Balaban J connectivity index is 1.78. The standard InChI is InChI=1S/C21H16FNO2/c22-14-9-7-13(8-10-14)19-16(18-6-3-11-25-18)12-23-17-5-2-1-4-15(17)21(24)20(19)23/h1-2,4-5,7-10,12,18H,3,6,11H2. The third-order valence-corrected chi connectivity index (χ3v) is 5.07. The molecule has 0 aliphatic carbocycles. The van der Waals surface area contributed by atoms with Crippen LogP contribution in [0.1, 0.15) is 40.6 Å². The molecule has 2 aliphatic rings. The van der Waals surface area contributed by atoms with Crippen molar-refractivity contribution in [1.29, 1.82) is 0 Å². The van der Waals surface area contributed by atoms with E-state index in [-0.39, 0.29) is 17.7 Å². The van der Waals surface area contributed by atoms with Gasteiger partial charge in [-0.2, -0.15) is 0 Å². The number of rotatable bonds is 2. The summed E-state index contributed by atoms with van der Waals surface area (Å²) in [5.41, 5.74) is 4.99. The third-order valence-electron chi connectivity index (χ3n) is 5.07. The van der Waals surface area contributed by atoms with E-state index in [1.165, 1.54) is 12.1 Å². The number of hydrogen-bond acceptors (Lipinski definition) is 2. The zero-order valence-corrected chi connectivity index (χ0v) is 13.5. The lowest BCUT2D eigenvalue weighted by molar-refractivity contribution is 0.104. The summed E-state index contributed by atoms with van der Waals surface area (Å²) in [7, 11) is 0. The van der Waals surface area contributed by atoms with Gasteiger partial charge in [0.2, 0.25) is 5.78 Å². The van der Waals surface area contributed by atoms with Gasteiger partial charge in [0.25, 0.3) is 0 Å². The molecule has 0 N–H and O–H groups in total. The monoisotopic (exact) mass is 333 g/mol. The SMILES string of the molecule is O=C1c2ccccc2-n2cc(C3CCCO3)c(-c3ccc(F)cc3)c21. The fourth-order valence-corrected chi connectivity index (χ4v) is 3.93. The van der Waals surface area contributed by atoms with Crippen molar-refractivity contribution in [3.63, 3.8) is 0 Å². The number of ether oxygens (including phenoxy) is 1. The molecule has 25 heavy (non-hydrogen) atoms. The summed E-state index contributed by atoms with van der Waals surface area (Å²) in [5.74, 6) is -0.271. The number of ketones is 1. The van der Waals surface area contributed by atoms with E-state index in [1.807, 2.05) is 35.0 Å². The maximum Gasteiger partial charge on any atom is 0.212 e. The van der Waals surface area contributed by atoms with Gasteiger partial charge in [-0.1, -0.05) is 24.3 Å². The van der Waals surface area contributed by atoms with E-state index < -0.39 is 0 Å². The molecule has 0 bridgehead atoms. The van der Waals surface area contributed by atoms with Gasteiger partial charge in [-0.25, -0.2) is 4.39 Å². The van der Waals surface area contributed by atoms with Crippen LogP contribution in [0.4, 0.5) is 4.39 Å². The van der Waals surface area contributed by atoms with Crippen molar-refractivity contribution in [2.45, 2.75) is 18.9 Å². The van der Waals surface area contributed by atoms with Crippen LogP contribution in [-0.2, 0) is 4.74 Å². The van der Waals surface area contributed by atoms with E-state index in [4.69, 9.17) is 4.74 Å². The summed E-state index contributed by atoms with van der Waals surface area (Å²) in [5, 5.41) is 0. The Bertz CT molecular complexity index is 982. The molecule has 0 saturated carbocycles. The molecule has 0 amide bonds. The molecule has 0 spiro atoms. The second-order valence-corrected chi connectivity index (χ2v) is 6.53. The molecule has 3 aromatic rings. The first-order valence-electron chi connectivity index (χ1n) is 8.51. The molecular weight excluding hydrogens is 317 g/mol. The molecule has 2 aliphatic heterocycles. The second kappa shape index (κ2) is 5.39. The largest absolute Gasteiger partial charge is 0.373 e. The Morgan fingerprint density at radius 2 is 1.88 bits per heavy atom. The molecule has 124 valence electrons. The lowest BCUT2D eigenvalue weighted by atomic mass is 9.95. The predicted octanol–water partition coefficient (Wildman–Crippen LogP) is 4.68. The van der Waals surface area contributed by atoms with Gasteiger partial charge >= 0.3 is 0 Å². The Labute approximate surface area is 144 Å². The van der Waals surface area contributed by atoms with Crippen LogP contribution >= 0.6 is 0 Å². The average molecular weight is 333 g/mol. The number of halogens is 1. The van der Waals surface area contributed by atoms with E-state index in [1.54, 1.807) is 12.1 Å². The third kappa shape index (κ3) is 2.11. The molecule has 1 fully saturated rings. The quantitative estimate of drug-likeness (QED) is 0.533. The van der Waals surface area contributed by atoms with Crippen molar-refractivity contribution in [3.8, 4) is 16.8 Å². The summed E-state index contributed by atoms with van der Waals surface area (Å²) in [4.78, 5) is 13.0. The van der Waals surface area contributed by atoms with E-state index in [9.17, 15) is 9.18 Å². The van der Waals surface area contributed by atoms with E-state index in [2.05, 4.69) is 0 Å². The highest BCUT2D eigenvalue weighted by Gasteiger charge is 2.35. The number of nitrogens with zero attached hydrogens (tertiary/aromatic N) is 1. The summed E-state index contributed by atoms with van der Waals surface area (Å²) in [6.45, 7) is 0.735. The summed E-state index contributed by atoms with van der Waals surface area (Å²) >= 11 is 0. The molecule has 1 saturated heterocycles. The number of aromatic nitrogens is 1. The molecule has 3 nitrogen and oxygen atoms in total. The number of carbonyl (C=O) groups is 1. The van der Waals surface area contributed by atoms with Gasteiger partial charge in [-0.15, -0.1) is 0 Å². The smallest absolute Gasteiger partial charge is 0.212 e. The number of benzene rings is 2. The predicted molar refractivity (Wildman–Crippen MR) is 92.5 cm³/mol. The van der Waals surface area contributed by atoms with Crippen LogP contribution in [0.15, 0.2) is 54.7 Å². The average Bonchev–Trinajstić information content (AvgIpc) is 3.33. The van der Waals surface area contributed by atoms with Crippen LogP contribution in [0, 0.1) is 5.82 Å². The highest BCUT2D eigenvalue weighted by molar-refractivity contribution is 6.17. The van der Waals surface area contributed by atoms with Gasteiger partial charge in [0.05, 0.1) is 11.8 Å². The van der Waals surface area contributed by atoms with Crippen LogP contribution in [-0.4, -0.2) is 17.0 Å². The Morgan fingerprint density at radius 1 is 1.08 bits per heavy atom. The molecule has 1 aromatic heterocycles. The number of carbonyl (C=O) groups excluding carboxylic acids is 1. The topological polar surface area (TPSA) is 31.2 Å². The minimum atomic E-state index is -0.284. The lowest BCUT2D eigenvalue weighted by Gasteiger charge is -2.12. The molecule has 3 heterocycles. The molecular formula is C21H16FNO2. The van der Waals surface area contributed by atoms with Gasteiger partial charge in [-0.3, -0.25) is 4.79 Å². The minimum Gasteiger partial charge on any atom is -0.373 e. The number of para-hydroxylation sites is 1. The summed E-state index contributed by atoms with van der Waals surface area (Å²) in [6.07, 6.45) is 3.96. The minimum absolute atomic E-state index is 0.0131. The maximum absolute atomic E-state index is 13.4. The van der Waals surface area contributed by atoms with Gasteiger partial charge in [0.15, 0.2) is 0 Å². The fourth-order valence-electron chi connectivity index (χ4n) is 3.93. The molecule has 5 rings (SSSR count). The van der Waals surface area contributed by atoms with Crippen LogP contribution in [0.5, 0.6) is 0 Å². The van der Waals surface area contributed by atoms with Crippen molar-refractivity contribution in [2.24, 2.45) is 0 Å². The van der Waals surface area contributed by atoms with E-state index >= 15 is 0 Å². The van der Waals surface area contributed by atoms with Crippen molar-refractivity contribution >= 4 is 5.78 Å². The zero-order valence-electron chi connectivity index (χ0n) is 13.5. The highest BCUT2D eigenvalue weighted by Crippen LogP contribution is 2.43. The first-order valence-corrected chi connectivity index (χ1v) is 8.51. The Kier molecular flexibility index (Phi) is 3.15. The van der Waals surface area contributed by atoms with Crippen molar-refractivity contribution < 1.29 is 13.9 Å². The zero-order chi connectivity index (χ0) is 17.0. The van der Waals surface area contributed by atoms with E-state index in [0.717, 1.165) is 41.8 Å². The van der Waals surface area contributed by atoms with Crippen LogP contribution in [0.3, 0.4) is 0 Å². The van der Waals surface area contributed by atoms with Gasteiger partial charge in [0.1, 0.15) is 11.5 Å². The van der Waals surface area contributed by atoms with Crippen molar-refractivity contribution in [3.05, 3.63) is 77.4 Å². The second-order valence-electron chi connectivity index (χ2n) is 6.53. The fraction of sp³-hybridized carbons (Fsp3) is 0.190. The number of fused-ring (bicyclic) bond motifs is 3. The Morgan fingerprint density at radius 3 is 2.64 bits per heavy atom. The summed E-state index contributed by atoms with van der Waals surface area (Å²) < 4.78 is 21.3. The maximum atomic E-state index is 13.4. The van der Waals surface area contributed by atoms with Crippen LogP contribution in [0.25, 0.3) is 16.8 Å². The lowest BCUT2D eigenvalue weighted by Crippen LogP contribution is -2.01. The van der Waals surface area contributed by atoms with Crippen molar-refractivity contribution in [1.82, 2.24) is 4.57 Å². The molecule has 2 aromatic carbocycles. The molecule has 0 radical (unpaired) electrons. The molecule has 1 atom stereocenters. The normalized spacial score (nSPS) is 18.4. The van der Waals surface area contributed by atoms with Crippen LogP contribution in [0.2, 0.25) is 0 Å². The summed E-state index contributed by atoms with van der Waals surface area (Å²) in [6, 6.07) is 14.0. The van der Waals surface area contributed by atoms with E-state index in [0.29, 0.717) is 11.3 Å². The first kappa shape index (κ1) is 14.6. The van der Waals surface area contributed by atoms with Gasteiger partial charge in [-0.05, 0) is 42.7 Å². The molecule has 1 unspecified atom stereocenters. The van der Waals surface area contributed by atoms with Crippen molar-refractivity contribution in [2.75, 3.05) is 6.61 Å². The number of hydrogen-bond donors (Lipinski definition) is 0. The van der Waals surface area contributed by atoms with Crippen LogP contribution < -0.4 is 0 Å². The van der Waals surface area contributed by atoms with Gasteiger partial charge in [0, 0.05) is 29.5 Å². The van der Waals surface area contributed by atoms with Gasteiger partial charge < -0.3 is 9.30 Å².